The van der Waals surface area contributed by atoms with Gasteiger partial charge in [0.15, 0.2) is 0 Å². The van der Waals surface area contributed by atoms with Gasteiger partial charge in [-0.3, -0.25) is 9.69 Å². The molecule has 1 unspecified atom stereocenters. The summed E-state index contributed by atoms with van der Waals surface area (Å²) in [6.45, 7) is 5.48. The first-order chi connectivity index (χ1) is 19.8. The van der Waals surface area contributed by atoms with Crippen LogP contribution in [0, 0.1) is 23.2 Å². The molecule has 0 aromatic heterocycles. The summed E-state index contributed by atoms with van der Waals surface area (Å²) in [4.78, 5) is 30.1. The number of nitrogens with one attached hydrogen (secondary N) is 1. The van der Waals surface area contributed by atoms with Gasteiger partial charge < -0.3 is 25.0 Å². The Bertz CT molecular complexity index is 1140. The van der Waals surface area contributed by atoms with Crippen LogP contribution in [0.5, 0.6) is 0 Å². The molecule has 1 aromatic rings. The number of hydrogen-bond acceptors (Lipinski definition) is 7. The number of carbonyl (C=O) groups is 2. The van der Waals surface area contributed by atoms with Crippen molar-refractivity contribution in [1.82, 2.24) is 15.1 Å². The van der Waals surface area contributed by atoms with Gasteiger partial charge in [-0.1, -0.05) is 37.3 Å². The monoisotopic (exact) mass is 588 g/mol. The van der Waals surface area contributed by atoms with Crippen LogP contribution in [0.1, 0.15) is 71.3 Å². The van der Waals surface area contributed by atoms with E-state index in [9.17, 15) is 33.7 Å². The van der Waals surface area contributed by atoms with Crippen molar-refractivity contribution in [2.45, 2.75) is 101 Å². The molecule has 3 atom stereocenters. The second-order valence-electron chi connectivity index (χ2n) is 13.1. The minimum absolute atomic E-state index is 0.0459. The average molecular weight is 589 g/mol. The minimum atomic E-state index is -2.73. The molecule has 42 heavy (non-hydrogen) atoms. The first-order valence-electron chi connectivity index (χ1n) is 15.0. The molecule has 230 valence electrons. The summed E-state index contributed by atoms with van der Waals surface area (Å²) >= 11 is 0. The Labute approximate surface area is 247 Å². The highest BCUT2D eigenvalue weighted by molar-refractivity contribution is 6.43. The number of aryl methyl sites for hydroxylation is 1. The van der Waals surface area contributed by atoms with Gasteiger partial charge >= 0.3 is 13.2 Å². The zero-order valence-electron chi connectivity index (χ0n) is 24.8. The summed E-state index contributed by atoms with van der Waals surface area (Å²) in [5.74, 6) is -5.29. The molecule has 12 heteroatoms. The lowest BCUT2D eigenvalue weighted by atomic mass is 9.76. The van der Waals surface area contributed by atoms with Crippen molar-refractivity contribution in [2.24, 2.45) is 11.8 Å². The molecule has 3 fully saturated rings. The lowest BCUT2D eigenvalue weighted by Gasteiger charge is -2.40. The Balaban J connectivity index is 1.36. The number of benzene rings is 1. The Hall–Kier alpha value is -2.75. The smallest absolute Gasteiger partial charge is 0.447 e. The molecule has 2 amide bonds. The molecule has 3 heterocycles. The highest BCUT2D eigenvalue weighted by Crippen LogP contribution is 2.48. The van der Waals surface area contributed by atoms with Crippen LogP contribution < -0.4 is 5.32 Å². The highest BCUT2D eigenvalue weighted by Gasteiger charge is 2.56. The molecular formula is C30H43BF2N4O5. The molecular weight excluding hydrogens is 545 g/mol. The molecule has 9 nitrogen and oxygen atoms in total. The van der Waals surface area contributed by atoms with Crippen molar-refractivity contribution >= 4 is 19.1 Å². The maximum Gasteiger partial charge on any atom is 0.475 e. The zero-order chi connectivity index (χ0) is 30.7. The third-order valence-corrected chi connectivity index (χ3v) is 9.54. The molecule has 0 aliphatic carbocycles. The number of rotatable bonds is 12. The summed E-state index contributed by atoms with van der Waals surface area (Å²) < 4.78 is 33.3. The summed E-state index contributed by atoms with van der Waals surface area (Å²) in [6.07, 6.45) is 3.00. The number of alkyl carbamates (subject to hydrolysis) is 1. The van der Waals surface area contributed by atoms with Crippen molar-refractivity contribution in [3.8, 4) is 6.07 Å². The Morgan fingerprint density at radius 3 is 2.45 bits per heavy atom. The van der Waals surface area contributed by atoms with Gasteiger partial charge in [0.05, 0.1) is 24.1 Å². The molecule has 3 N–H and O–H groups in total. The number of nitrogens with zero attached hydrogens (tertiary/aromatic N) is 3. The van der Waals surface area contributed by atoms with E-state index in [2.05, 4.69) is 11.4 Å². The fraction of sp³-hybridized carbons (Fsp3) is 0.700. The van der Waals surface area contributed by atoms with E-state index in [1.807, 2.05) is 51.1 Å². The number of alkyl halides is 2. The van der Waals surface area contributed by atoms with E-state index in [0.29, 0.717) is 32.1 Å². The van der Waals surface area contributed by atoms with E-state index < -0.39 is 42.1 Å². The van der Waals surface area contributed by atoms with Crippen LogP contribution in [-0.2, 0) is 16.0 Å². The maximum absolute atomic E-state index is 13.9. The molecule has 1 aromatic carbocycles. The number of hydrogen-bond donors (Lipinski definition) is 3. The van der Waals surface area contributed by atoms with Crippen molar-refractivity contribution in [3.63, 3.8) is 0 Å². The lowest BCUT2D eigenvalue weighted by molar-refractivity contribution is -0.141. The number of carbonyl (C=O) groups excluding carboxylic acids is 2. The second kappa shape index (κ2) is 12.9. The molecule has 3 aliphatic heterocycles. The topological polar surface area (TPSA) is 126 Å². The van der Waals surface area contributed by atoms with E-state index >= 15 is 0 Å². The molecule has 4 rings (SSSR count). The molecule has 3 saturated heterocycles. The second-order valence-corrected chi connectivity index (χ2v) is 13.1. The van der Waals surface area contributed by atoms with E-state index in [-0.39, 0.29) is 44.0 Å². The molecule has 3 aliphatic rings. The van der Waals surface area contributed by atoms with E-state index in [4.69, 9.17) is 4.74 Å². The molecule has 2 bridgehead atoms. The predicted octanol–water partition coefficient (Wildman–Crippen LogP) is 3.54. The van der Waals surface area contributed by atoms with Crippen molar-refractivity contribution in [1.29, 1.82) is 5.26 Å². The van der Waals surface area contributed by atoms with Crippen molar-refractivity contribution in [2.75, 3.05) is 19.7 Å². The number of nitriles is 1. The van der Waals surface area contributed by atoms with E-state index in [1.54, 1.807) is 9.80 Å². The van der Waals surface area contributed by atoms with E-state index in [0.717, 1.165) is 18.4 Å². The fourth-order valence-electron chi connectivity index (χ4n) is 7.17. The number of ether oxygens (including phenoxy) is 1. The van der Waals surface area contributed by atoms with Crippen LogP contribution in [0.25, 0.3) is 0 Å². The number of fused-ring (bicyclic) bond motifs is 2. The average Bonchev–Trinajstić information content (AvgIpc) is 3.61. The van der Waals surface area contributed by atoms with Gasteiger partial charge in [-0.2, -0.15) is 5.26 Å². The maximum atomic E-state index is 13.9. The van der Waals surface area contributed by atoms with Gasteiger partial charge in [0.2, 0.25) is 5.91 Å². The highest BCUT2D eigenvalue weighted by atomic mass is 19.3. The van der Waals surface area contributed by atoms with Crippen LogP contribution in [0.2, 0.25) is 0 Å². The predicted molar refractivity (Wildman–Crippen MR) is 153 cm³/mol. The number of likely N-dealkylation sites (tertiary alicyclic amines) is 1. The Kier molecular flexibility index (Phi) is 9.85. The number of halogens is 2. The van der Waals surface area contributed by atoms with Crippen molar-refractivity contribution in [3.05, 3.63) is 35.9 Å². The zero-order valence-corrected chi connectivity index (χ0v) is 24.8. The van der Waals surface area contributed by atoms with Gasteiger partial charge in [0.25, 0.3) is 5.92 Å². The molecule has 0 spiro atoms. The summed E-state index contributed by atoms with van der Waals surface area (Å²) in [5.41, 5.74) is -0.332. The van der Waals surface area contributed by atoms with Crippen LogP contribution in [0.4, 0.5) is 13.6 Å². The summed E-state index contributed by atoms with van der Waals surface area (Å²) in [5, 5.41) is 32.3. The lowest BCUT2D eigenvalue weighted by Crippen LogP contribution is -2.53. The van der Waals surface area contributed by atoms with Crippen molar-refractivity contribution < 1.29 is 33.2 Å². The van der Waals surface area contributed by atoms with Crippen LogP contribution in [0.15, 0.2) is 30.3 Å². The quantitative estimate of drug-likeness (QED) is 0.319. The number of amides is 2. The largest absolute Gasteiger partial charge is 0.475 e. The fourth-order valence-corrected chi connectivity index (χ4v) is 7.17. The first-order valence-corrected chi connectivity index (χ1v) is 15.0. The standard InChI is InChI=1S/C30H43BF2N4O5/c1-21(17-28(2,3)36-16-15-30(32,33)19-36)24(18-34)26(38)37-23-11-13-29(37,14-12-23)20-42-27(39)35-25(31(40)41)10-9-22-7-5-4-6-8-22/h4-8,21,23-25,40-41H,9-17,19-20H2,1-3H3,(H,35,39)/t21-,23?,24?,25-,29?/m0/s1. The van der Waals surface area contributed by atoms with Gasteiger partial charge in [-0.15, -0.1) is 0 Å². The Morgan fingerprint density at radius 1 is 1.21 bits per heavy atom. The SMILES string of the molecule is C[C@@H](CC(C)(C)N1CCC(F)(F)C1)C(C#N)C(=O)N1C2CCC1(COC(=O)N[C@@H](CCc1ccccc1)B(O)O)CC2. The van der Waals surface area contributed by atoms with Gasteiger partial charge in [0.1, 0.15) is 12.5 Å². The molecule has 0 radical (unpaired) electrons. The Morgan fingerprint density at radius 2 is 1.88 bits per heavy atom. The van der Waals surface area contributed by atoms with Gasteiger partial charge in [-0.25, -0.2) is 13.6 Å². The third kappa shape index (κ3) is 7.24. The first kappa shape index (κ1) is 32.2. The summed E-state index contributed by atoms with van der Waals surface area (Å²) in [6, 6.07) is 11.6. The summed E-state index contributed by atoms with van der Waals surface area (Å²) in [7, 11) is -1.77. The van der Waals surface area contributed by atoms with Crippen LogP contribution in [0.3, 0.4) is 0 Å². The normalized spacial score (nSPS) is 25.5. The van der Waals surface area contributed by atoms with Gasteiger partial charge in [-0.05, 0) is 70.3 Å². The van der Waals surface area contributed by atoms with E-state index in [1.165, 1.54) is 0 Å². The third-order valence-electron chi connectivity index (χ3n) is 9.54. The van der Waals surface area contributed by atoms with Crippen LogP contribution in [-0.4, -0.2) is 87.6 Å². The van der Waals surface area contributed by atoms with Crippen LogP contribution >= 0.6 is 0 Å². The molecule has 0 saturated carbocycles. The minimum Gasteiger partial charge on any atom is -0.447 e. The van der Waals surface area contributed by atoms with Gasteiger partial charge in [0, 0.05) is 24.5 Å².